The molecule has 4 amide bonds. The van der Waals surface area contributed by atoms with E-state index in [0.29, 0.717) is 11.1 Å². The lowest BCUT2D eigenvalue weighted by Crippen LogP contribution is -2.56. The lowest BCUT2D eigenvalue weighted by Gasteiger charge is -2.34. The van der Waals surface area contributed by atoms with E-state index in [2.05, 4.69) is 16.0 Å². The Morgan fingerprint density at radius 2 is 1.82 bits per heavy atom. The van der Waals surface area contributed by atoms with Gasteiger partial charge in [0.2, 0.25) is 11.8 Å². The van der Waals surface area contributed by atoms with Crippen molar-refractivity contribution in [2.75, 3.05) is 11.9 Å². The molecule has 10 nitrogen and oxygen atoms in total. The number of carbonyl (C=O) groups is 4. The van der Waals surface area contributed by atoms with Crippen molar-refractivity contribution in [2.24, 2.45) is 0 Å². The molecule has 40 heavy (non-hydrogen) atoms. The SMILES string of the molecule is CC(C)(C)OC(=O)NCCC(NC(=O)[C@@H]1Cc2cc(F)ccc2CN1C(=O)O)C(=O)Nc1ccc(Cl)c(Cl)c1F. The van der Waals surface area contributed by atoms with Gasteiger partial charge in [0.25, 0.3) is 0 Å². The Hall–Kier alpha value is -3.64. The second-order valence-corrected chi connectivity index (χ2v) is 10.8. The Labute approximate surface area is 238 Å². The minimum absolute atomic E-state index is 0.0774. The minimum atomic E-state index is -1.39. The maximum Gasteiger partial charge on any atom is 0.408 e. The molecule has 1 aliphatic rings. The first-order chi connectivity index (χ1) is 18.7. The molecule has 3 rings (SSSR count). The summed E-state index contributed by atoms with van der Waals surface area (Å²) in [6.45, 7) is 4.68. The molecule has 0 aliphatic carbocycles. The average Bonchev–Trinajstić information content (AvgIpc) is 2.86. The summed E-state index contributed by atoms with van der Waals surface area (Å²) in [4.78, 5) is 51.3. The first-order valence-electron chi connectivity index (χ1n) is 12.1. The summed E-state index contributed by atoms with van der Waals surface area (Å²) in [7, 11) is 0. The van der Waals surface area contributed by atoms with Crippen molar-refractivity contribution in [3.8, 4) is 0 Å². The summed E-state index contributed by atoms with van der Waals surface area (Å²) in [6, 6.07) is 3.65. The molecule has 1 unspecified atom stereocenters. The molecule has 1 aliphatic heterocycles. The van der Waals surface area contributed by atoms with Gasteiger partial charge in [0.05, 0.1) is 22.3 Å². The Balaban J connectivity index is 1.81. The number of ether oxygens (including phenoxy) is 1. The molecule has 2 atom stereocenters. The van der Waals surface area contributed by atoms with Crippen LogP contribution < -0.4 is 16.0 Å². The molecule has 0 radical (unpaired) electrons. The average molecular weight is 601 g/mol. The number of fused-ring (bicyclic) bond motifs is 1. The van der Waals surface area contributed by atoms with Gasteiger partial charge in [-0.25, -0.2) is 18.4 Å². The van der Waals surface area contributed by atoms with Crippen molar-refractivity contribution in [1.29, 1.82) is 0 Å². The molecule has 0 aromatic heterocycles. The summed E-state index contributed by atoms with van der Waals surface area (Å²) >= 11 is 11.6. The third-order valence-corrected chi connectivity index (χ3v) is 6.66. The Morgan fingerprint density at radius 3 is 2.48 bits per heavy atom. The fourth-order valence-corrected chi connectivity index (χ4v) is 4.31. The van der Waals surface area contributed by atoms with Crippen LogP contribution in [0.3, 0.4) is 0 Å². The summed E-state index contributed by atoms with van der Waals surface area (Å²) in [6.07, 6.45) is -2.47. The molecular formula is C26H28Cl2F2N4O6. The highest BCUT2D eigenvalue weighted by molar-refractivity contribution is 6.42. The van der Waals surface area contributed by atoms with Gasteiger partial charge in [0, 0.05) is 13.0 Å². The largest absolute Gasteiger partial charge is 0.465 e. The van der Waals surface area contributed by atoms with Crippen LogP contribution in [0.1, 0.15) is 38.3 Å². The van der Waals surface area contributed by atoms with Crippen LogP contribution in [0.15, 0.2) is 30.3 Å². The van der Waals surface area contributed by atoms with Gasteiger partial charge in [0.15, 0.2) is 5.82 Å². The van der Waals surface area contributed by atoms with E-state index < -0.39 is 58.3 Å². The van der Waals surface area contributed by atoms with E-state index in [0.717, 1.165) is 4.90 Å². The van der Waals surface area contributed by atoms with Gasteiger partial charge in [-0.3, -0.25) is 14.5 Å². The van der Waals surface area contributed by atoms with Crippen LogP contribution in [0.2, 0.25) is 10.0 Å². The van der Waals surface area contributed by atoms with Gasteiger partial charge in [0.1, 0.15) is 23.5 Å². The first kappa shape index (κ1) is 30.9. The smallest absolute Gasteiger partial charge is 0.408 e. The predicted molar refractivity (Wildman–Crippen MR) is 143 cm³/mol. The molecule has 1 heterocycles. The fourth-order valence-electron chi connectivity index (χ4n) is 4.00. The molecule has 0 spiro atoms. The van der Waals surface area contributed by atoms with Crippen LogP contribution in [-0.2, 0) is 27.3 Å². The molecule has 0 bridgehead atoms. The van der Waals surface area contributed by atoms with E-state index in [9.17, 15) is 33.1 Å². The lowest BCUT2D eigenvalue weighted by atomic mass is 9.93. The van der Waals surface area contributed by atoms with Crippen LogP contribution in [-0.4, -0.2) is 58.2 Å². The third-order valence-electron chi connectivity index (χ3n) is 5.87. The quantitative estimate of drug-likeness (QED) is 0.340. The van der Waals surface area contributed by atoms with Gasteiger partial charge in [-0.15, -0.1) is 0 Å². The Bertz CT molecular complexity index is 1320. The highest BCUT2D eigenvalue weighted by Crippen LogP contribution is 2.30. The molecule has 4 N–H and O–H groups in total. The van der Waals surface area contributed by atoms with Gasteiger partial charge in [-0.1, -0.05) is 29.3 Å². The van der Waals surface area contributed by atoms with E-state index in [1.165, 1.54) is 30.3 Å². The number of benzene rings is 2. The number of hydrogen-bond donors (Lipinski definition) is 4. The monoisotopic (exact) mass is 600 g/mol. The van der Waals surface area contributed by atoms with Crippen molar-refractivity contribution in [3.05, 3.63) is 63.1 Å². The number of rotatable bonds is 7. The minimum Gasteiger partial charge on any atom is -0.465 e. The third kappa shape index (κ3) is 7.95. The maximum absolute atomic E-state index is 14.6. The number of anilines is 1. The van der Waals surface area contributed by atoms with Gasteiger partial charge in [-0.2, -0.15) is 0 Å². The van der Waals surface area contributed by atoms with Crippen molar-refractivity contribution < 1.29 is 37.8 Å². The molecule has 2 aromatic carbocycles. The number of nitrogens with one attached hydrogen (secondary N) is 3. The highest BCUT2D eigenvalue weighted by Gasteiger charge is 2.36. The van der Waals surface area contributed by atoms with Crippen LogP contribution in [0.4, 0.5) is 24.1 Å². The predicted octanol–water partition coefficient (Wildman–Crippen LogP) is 4.71. The van der Waals surface area contributed by atoms with Crippen molar-refractivity contribution >= 4 is 52.9 Å². The van der Waals surface area contributed by atoms with Crippen LogP contribution in [0.5, 0.6) is 0 Å². The molecular weight excluding hydrogens is 573 g/mol. The zero-order chi connectivity index (χ0) is 29.8. The standard InChI is InChI=1S/C26H28Cl2F2N4O6/c1-26(2,3)40-24(37)31-9-8-18(22(35)32-17-7-6-16(27)20(28)21(17)30)33-23(36)19-11-14-10-15(29)5-4-13(14)12-34(19)25(38)39/h4-7,10,18-19H,8-9,11-12H2,1-3H3,(H,31,37)(H,32,35)(H,33,36)(H,38,39)/t18?,19-/m0/s1. The van der Waals surface area contributed by atoms with Crippen molar-refractivity contribution in [2.45, 2.75) is 57.8 Å². The number of alkyl carbamates (subject to hydrolysis) is 1. The van der Waals surface area contributed by atoms with Gasteiger partial charge in [-0.05, 0) is 62.6 Å². The topological polar surface area (TPSA) is 137 Å². The van der Waals surface area contributed by atoms with Crippen molar-refractivity contribution in [1.82, 2.24) is 15.5 Å². The Morgan fingerprint density at radius 1 is 1.12 bits per heavy atom. The van der Waals surface area contributed by atoms with Crippen LogP contribution in [0, 0.1) is 11.6 Å². The number of nitrogens with zero attached hydrogens (tertiary/aromatic N) is 1. The lowest BCUT2D eigenvalue weighted by molar-refractivity contribution is -0.130. The zero-order valence-corrected chi connectivity index (χ0v) is 23.3. The fraction of sp³-hybridized carbons (Fsp3) is 0.385. The van der Waals surface area contributed by atoms with Crippen molar-refractivity contribution in [3.63, 3.8) is 0 Å². The van der Waals surface area contributed by atoms with Gasteiger partial charge >= 0.3 is 12.2 Å². The Kier molecular flexibility index (Phi) is 9.80. The van der Waals surface area contributed by atoms with E-state index in [1.807, 2.05) is 0 Å². The molecule has 2 aromatic rings. The van der Waals surface area contributed by atoms with Gasteiger partial charge < -0.3 is 25.8 Å². The van der Waals surface area contributed by atoms with Crippen LogP contribution >= 0.6 is 23.2 Å². The number of carboxylic acid groups (broad SMARTS) is 1. The first-order valence-corrected chi connectivity index (χ1v) is 12.9. The molecule has 14 heteroatoms. The number of carbonyl (C=O) groups excluding carboxylic acids is 3. The second-order valence-electron chi connectivity index (χ2n) is 10.0. The summed E-state index contributed by atoms with van der Waals surface area (Å²) in [5, 5.41) is 16.5. The van der Waals surface area contributed by atoms with Crippen LogP contribution in [0.25, 0.3) is 0 Å². The van der Waals surface area contributed by atoms with E-state index in [-0.39, 0.29) is 36.6 Å². The summed E-state index contributed by atoms with van der Waals surface area (Å²) < 4.78 is 33.6. The maximum atomic E-state index is 14.6. The number of halogens is 4. The zero-order valence-electron chi connectivity index (χ0n) is 21.8. The van der Waals surface area contributed by atoms with E-state index in [4.69, 9.17) is 27.9 Å². The normalized spacial score (nSPS) is 15.5. The number of amides is 4. The second kappa shape index (κ2) is 12.7. The molecule has 0 saturated heterocycles. The van der Waals surface area contributed by atoms with E-state index in [1.54, 1.807) is 20.8 Å². The highest BCUT2D eigenvalue weighted by atomic mass is 35.5. The molecule has 216 valence electrons. The molecule has 0 saturated carbocycles. The summed E-state index contributed by atoms with van der Waals surface area (Å²) in [5.74, 6) is -3.26. The summed E-state index contributed by atoms with van der Waals surface area (Å²) in [5.41, 5.74) is -0.104. The molecule has 0 fully saturated rings. The number of hydrogen-bond acceptors (Lipinski definition) is 5. The van der Waals surface area contributed by atoms with E-state index >= 15 is 0 Å².